The molecule has 63 heavy (non-hydrogen) atoms. The van der Waals surface area contributed by atoms with E-state index in [1.807, 2.05) is 0 Å². The lowest BCUT2D eigenvalue weighted by Gasteiger charge is -2.42. The van der Waals surface area contributed by atoms with Crippen LogP contribution >= 0.6 is 0 Å². The Morgan fingerprint density at radius 2 is 1.03 bits per heavy atom. The summed E-state index contributed by atoms with van der Waals surface area (Å²) in [4.78, 5) is 27.6. The molecule has 2 heterocycles. The molecule has 0 aromatic heterocycles. The van der Waals surface area contributed by atoms with Crippen LogP contribution in [0.4, 0.5) is 0 Å². The minimum absolute atomic E-state index is 0.0379. The van der Waals surface area contributed by atoms with Gasteiger partial charge in [0.15, 0.2) is 64.3 Å². The van der Waals surface area contributed by atoms with Crippen LogP contribution in [0, 0.1) is 0 Å². The molecule has 324 valence electrons. The van der Waals surface area contributed by atoms with Crippen LogP contribution in [-0.4, -0.2) is 90.5 Å². The van der Waals surface area contributed by atoms with Crippen LogP contribution in [0.3, 0.4) is 0 Å². The quantitative estimate of drug-likeness (QED) is 0.0719. The molecular formula is C44H34O19. The third-order valence-corrected chi connectivity index (χ3v) is 10.6. The van der Waals surface area contributed by atoms with Crippen molar-refractivity contribution in [2.75, 3.05) is 0 Å². The van der Waals surface area contributed by atoms with Crippen molar-refractivity contribution in [2.24, 2.45) is 0 Å². The summed E-state index contributed by atoms with van der Waals surface area (Å²) < 4.78 is 24.7. The van der Waals surface area contributed by atoms with E-state index in [0.29, 0.717) is 0 Å². The topological polar surface area (TPSA) is 334 Å². The Balaban J connectivity index is 1.33. The zero-order valence-electron chi connectivity index (χ0n) is 31.9. The summed E-state index contributed by atoms with van der Waals surface area (Å²) in [6.45, 7) is 0. The number of esters is 2. The number of phenolic OH excluding ortho intramolecular Hbond substituents is 13. The second kappa shape index (κ2) is 15.4. The Labute approximate surface area is 353 Å². The molecule has 5 unspecified atom stereocenters. The van der Waals surface area contributed by atoms with Crippen LogP contribution in [0.25, 0.3) is 0 Å². The molecule has 0 amide bonds. The van der Waals surface area contributed by atoms with Crippen molar-refractivity contribution in [3.63, 3.8) is 0 Å². The third-order valence-electron chi connectivity index (χ3n) is 10.6. The summed E-state index contributed by atoms with van der Waals surface area (Å²) in [6.07, 6.45) is -6.60. The average Bonchev–Trinajstić information content (AvgIpc) is 3.23. The fourth-order valence-electron chi connectivity index (χ4n) is 7.69. The highest BCUT2D eigenvalue weighted by molar-refractivity contribution is 5.92. The van der Waals surface area contributed by atoms with Crippen LogP contribution in [0.1, 0.15) is 66.7 Å². The van der Waals surface area contributed by atoms with Gasteiger partial charge in [0.2, 0.25) is 0 Å². The Morgan fingerprint density at radius 1 is 0.476 bits per heavy atom. The Bertz CT molecular complexity index is 2790. The zero-order chi connectivity index (χ0) is 45.2. The number of carbonyl (C=O) groups is 2. The Kier molecular flexibility index (Phi) is 10.0. The van der Waals surface area contributed by atoms with E-state index in [4.69, 9.17) is 18.9 Å². The molecule has 0 bridgehead atoms. The van der Waals surface area contributed by atoms with Crippen LogP contribution in [0.2, 0.25) is 0 Å². The molecule has 6 aromatic carbocycles. The van der Waals surface area contributed by atoms with E-state index in [0.717, 1.165) is 54.6 Å². The molecule has 2 aliphatic heterocycles. The fourth-order valence-corrected chi connectivity index (χ4v) is 7.69. The van der Waals surface area contributed by atoms with Crippen LogP contribution < -0.4 is 9.47 Å². The van der Waals surface area contributed by atoms with Gasteiger partial charge in [-0.1, -0.05) is 18.2 Å². The van der Waals surface area contributed by atoms with Crippen molar-refractivity contribution in [3.8, 4) is 86.2 Å². The lowest BCUT2D eigenvalue weighted by Crippen LogP contribution is -2.40. The molecule has 19 heteroatoms. The molecule has 6 aromatic rings. The van der Waals surface area contributed by atoms with Crippen molar-refractivity contribution in [1.29, 1.82) is 0 Å². The lowest BCUT2D eigenvalue weighted by molar-refractivity contribution is -0.0302. The van der Waals surface area contributed by atoms with Crippen molar-refractivity contribution in [1.82, 2.24) is 0 Å². The van der Waals surface area contributed by atoms with E-state index in [1.54, 1.807) is 0 Å². The van der Waals surface area contributed by atoms with Gasteiger partial charge in [0.05, 0.1) is 17.0 Å². The summed E-state index contributed by atoms with van der Waals surface area (Å²) in [6, 6.07) is 14.9. The van der Waals surface area contributed by atoms with Crippen LogP contribution in [0.5, 0.6) is 86.2 Å². The Morgan fingerprint density at radius 3 is 1.62 bits per heavy atom. The van der Waals surface area contributed by atoms with Gasteiger partial charge in [0, 0.05) is 46.9 Å². The average molecular weight is 867 g/mol. The van der Waals surface area contributed by atoms with Gasteiger partial charge in [0.1, 0.15) is 46.4 Å². The molecular weight excluding hydrogens is 832 g/mol. The first kappa shape index (κ1) is 41.0. The zero-order valence-corrected chi connectivity index (χ0v) is 31.9. The maximum Gasteiger partial charge on any atom is 0.338 e. The van der Waals surface area contributed by atoms with E-state index in [-0.39, 0.29) is 45.1 Å². The van der Waals surface area contributed by atoms with Crippen molar-refractivity contribution >= 4 is 11.9 Å². The van der Waals surface area contributed by atoms with Crippen LogP contribution in [0.15, 0.2) is 84.9 Å². The third kappa shape index (κ3) is 7.32. The molecule has 5 atom stereocenters. The number of aromatic hydroxyl groups is 13. The standard InChI is InChI=1S/C44H34O19/c45-20-4-1-16(2-5-20)40-42(63-44(59)19-10-30(54)38(57)31(55)11-19)36(34-26(50)12-21(46)13-32(34)60-40)35-27(51)15-24(48)22-14-33(61-43(58)18-8-28(52)37(56)29(53)9-18)39(62-41(22)35)17-3-6-23(47)25(49)7-17/h1-13,15,33,36,39-40,42,45-57H,14H2. The predicted octanol–water partition coefficient (Wildman–Crippen LogP) is 5.25. The molecule has 13 N–H and O–H groups in total. The first-order valence-electron chi connectivity index (χ1n) is 18.6. The number of ether oxygens (including phenoxy) is 4. The smallest absolute Gasteiger partial charge is 0.338 e. The molecule has 0 saturated carbocycles. The number of fused-ring (bicyclic) bond motifs is 2. The van der Waals surface area contributed by atoms with Crippen LogP contribution in [-0.2, 0) is 15.9 Å². The maximum atomic E-state index is 14.0. The summed E-state index contributed by atoms with van der Waals surface area (Å²) >= 11 is 0. The van der Waals surface area contributed by atoms with Gasteiger partial charge in [-0.15, -0.1) is 0 Å². The largest absolute Gasteiger partial charge is 0.508 e. The first-order chi connectivity index (χ1) is 29.9. The van der Waals surface area contributed by atoms with Crippen molar-refractivity contribution in [3.05, 3.63) is 124 Å². The predicted molar refractivity (Wildman–Crippen MR) is 211 cm³/mol. The van der Waals surface area contributed by atoms with Gasteiger partial charge < -0.3 is 85.3 Å². The minimum Gasteiger partial charge on any atom is -0.508 e. The second-order valence-corrected chi connectivity index (χ2v) is 14.7. The van der Waals surface area contributed by atoms with E-state index in [1.165, 1.54) is 30.3 Å². The summed E-state index contributed by atoms with van der Waals surface area (Å²) in [5, 5.41) is 137. The molecule has 0 radical (unpaired) electrons. The van der Waals surface area contributed by atoms with E-state index >= 15 is 0 Å². The number of rotatable bonds is 7. The molecule has 0 aliphatic carbocycles. The number of carbonyl (C=O) groups excluding carboxylic acids is 2. The van der Waals surface area contributed by atoms with Gasteiger partial charge in [-0.25, -0.2) is 9.59 Å². The highest BCUT2D eigenvalue weighted by atomic mass is 16.6. The molecule has 8 rings (SSSR count). The molecule has 0 spiro atoms. The van der Waals surface area contributed by atoms with E-state index in [2.05, 4.69) is 0 Å². The molecule has 19 nitrogen and oxygen atoms in total. The first-order valence-corrected chi connectivity index (χ1v) is 18.6. The second-order valence-electron chi connectivity index (χ2n) is 14.7. The number of hydrogen-bond donors (Lipinski definition) is 13. The number of phenols is 13. The summed E-state index contributed by atoms with van der Waals surface area (Å²) in [7, 11) is 0. The number of hydrogen-bond acceptors (Lipinski definition) is 19. The van der Waals surface area contributed by atoms with Gasteiger partial charge in [-0.2, -0.15) is 0 Å². The maximum absolute atomic E-state index is 14.0. The van der Waals surface area contributed by atoms with Crippen molar-refractivity contribution < 1.29 is 94.9 Å². The SMILES string of the molecule is O=C(OC1Cc2c(O)cc(O)c(C3c4c(O)cc(O)cc4OC(c4ccc(O)cc4)C3OC(=O)c3cc(O)c(O)c(O)c3)c2OC1c1ccc(O)c(O)c1)c1cc(O)c(O)c(O)c1. The number of benzene rings is 6. The van der Waals surface area contributed by atoms with Gasteiger partial charge in [0.25, 0.3) is 0 Å². The summed E-state index contributed by atoms with van der Waals surface area (Å²) in [5.41, 5.74) is -1.36. The van der Waals surface area contributed by atoms with Gasteiger partial charge in [-0.3, -0.25) is 0 Å². The highest BCUT2D eigenvalue weighted by Crippen LogP contribution is 2.58. The summed E-state index contributed by atoms with van der Waals surface area (Å²) in [5.74, 6) is -13.9. The van der Waals surface area contributed by atoms with Gasteiger partial charge in [-0.05, 0) is 54.1 Å². The minimum atomic E-state index is -1.73. The van der Waals surface area contributed by atoms with E-state index < -0.39 is 129 Å². The van der Waals surface area contributed by atoms with E-state index in [9.17, 15) is 76.0 Å². The normalized spacial score (nSPS) is 18.8. The fraction of sp³-hybridized carbons (Fsp3) is 0.136. The molecule has 0 saturated heterocycles. The highest BCUT2D eigenvalue weighted by Gasteiger charge is 2.49. The molecule has 2 aliphatic rings. The van der Waals surface area contributed by atoms with Gasteiger partial charge >= 0.3 is 11.9 Å². The molecule has 0 fully saturated rings. The Hall–Kier alpha value is -8.74. The monoisotopic (exact) mass is 866 g/mol. The van der Waals surface area contributed by atoms with Crippen molar-refractivity contribution in [2.45, 2.75) is 36.8 Å². The lowest BCUT2D eigenvalue weighted by atomic mass is 9.77.